The molecule has 0 radical (unpaired) electrons. The lowest BCUT2D eigenvalue weighted by atomic mass is 10.1. The number of aryl methyl sites for hydroxylation is 2. The molecule has 5 nitrogen and oxygen atoms in total. The molecule has 2 heterocycles. The van der Waals surface area contributed by atoms with Crippen molar-refractivity contribution in [3.8, 4) is 0 Å². The third-order valence-electron chi connectivity index (χ3n) is 5.85. The van der Waals surface area contributed by atoms with Crippen molar-refractivity contribution >= 4 is 16.9 Å². The van der Waals surface area contributed by atoms with Crippen LogP contribution >= 0.6 is 0 Å². The summed E-state index contributed by atoms with van der Waals surface area (Å²) < 4.78 is 20.8. The molecule has 0 saturated heterocycles. The van der Waals surface area contributed by atoms with Crippen molar-refractivity contribution in [2.45, 2.75) is 52.6 Å². The Morgan fingerprint density at radius 1 is 1.16 bits per heavy atom. The standard InChI is InChI=1S/C26H28FN3O2/c1-4-6-23(26(31)28-16-21-7-5-12-32-21)30-24-14-18(3)17(2)13-22(24)29-25(30)15-19-8-10-20(27)11-9-19/h5,7-14,23H,4,6,15-16H2,1-3H3,(H,28,31)/t23-/m1/s1. The Labute approximate surface area is 187 Å². The maximum absolute atomic E-state index is 13.4. The third kappa shape index (κ3) is 4.59. The summed E-state index contributed by atoms with van der Waals surface area (Å²) in [4.78, 5) is 18.2. The van der Waals surface area contributed by atoms with Crippen molar-refractivity contribution in [2.75, 3.05) is 0 Å². The van der Waals surface area contributed by atoms with Crippen molar-refractivity contribution in [1.82, 2.24) is 14.9 Å². The lowest BCUT2D eigenvalue weighted by Gasteiger charge is -2.21. The minimum atomic E-state index is -0.405. The maximum Gasteiger partial charge on any atom is 0.243 e. The van der Waals surface area contributed by atoms with E-state index in [4.69, 9.17) is 9.40 Å². The molecule has 2 aromatic carbocycles. The average Bonchev–Trinajstić information content (AvgIpc) is 3.40. The van der Waals surface area contributed by atoms with E-state index in [2.05, 4.69) is 42.8 Å². The number of fused-ring (bicyclic) bond motifs is 1. The smallest absolute Gasteiger partial charge is 0.243 e. The lowest BCUT2D eigenvalue weighted by molar-refractivity contribution is -0.124. The van der Waals surface area contributed by atoms with Crippen LogP contribution in [0.25, 0.3) is 11.0 Å². The first-order valence-corrected chi connectivity index (χ1v) is 11.0. The van der Waals surface area contributed by atoms with Gasteiger partial charge in [0.1, 0.15) is 23.4 Å². The summed E-state index contributed by atoms with van der Waals surface area (Å²) in [6.07, 6.45) is 3.64. The zero-order chi connectivity index (χ0) is 22.7. The van der Waals surface area contributed by atoms with E-state index in [0.29, 0.717) is 25.1 Å². The summed E-state index contributed by atoms with van der Waals surface area (Å²) in [5.41, 5.74) is 5.06. The highest BCUT2D eigenvalue weighted by Gasteiger charge is 2.25. The zero-order valence-electron chi connectivity index (χ0n) is 18.7. The summed E-state index contributed by atoms with van der Waals surface area (Å²) >= 11 is 0. The van der Waals surface area contributed by atoms with Crippen LogP contribution < -0.4 is 5.32 Å². The molecule has 0 aliphatic heterocycles. The number of rotatable bonds is 8. The van der Waals surface area contributed by atoms with E-state index in [-0.39, 0.29) is 11.7 Å². The van der Waals surface area contributed by atoms with Gasteiger partial charge in [0.15, 0.2) is 0 Å². The normalized spacial score (nSPS) is 12.2. The second-order valence-electron chi connectivity index (χ2n) is 8.23. The molecule has 0 unspecified atom stereocenters. The van der Waals surface area contributed by atoms with E-state index >= 15 is 0 Å². The number of nitrogens with zero attached hydrogens (tertiary/aromatic N) is 2. The van der Waals surface area contributed by atoms with Crippen LogP contribution in [0.15, 0.2) is 59.2 Å². The van der Waals surface area contributed by atoms with Crippen LogP contribution in [0.2, 0.25) is 0 Å². The van der Waals surface area contributed by atoms with Gasteiger partial charge < -0.3 is 14.3 Å². The lowest BCUT2D eigenvalue weighted by Crippen LogP contribution is -2.33. The zero-order valence-corrected chi connectivity index (χ0v) is 18.7. The second kappa shape index (κ2) is 9.39. The van der Waals surface area contributed by atoms with Crippen LogP contribution in [0.5, 0.6) is 0 Å². The van der Waals surface area contributed by atoms with E-state index in [9.17, 15) is 9.18 Å². The Hall–Kier alpha value is -3.41. The van der Waals surface area contributed by atoms with Gasteiger partial charge in [-0.15, -0.1) is 0 Å². The van der Waals surface area contributed by atoms with Gasteiger partial charge in [0.05, 0.1) is 23.8 Å². The van der Waals surface area contributed by atoms with E-state index in [1.807, 2.05) is 6.07 Å². The number of carbonyl (C=O) groups is 1. The molecule has 0 fully saturated rings. The first-order valence-electron chi connectivity index (χ1n) is 11.0. The highest BCUT2D eigenvalue weighted by Crippen LogP contribution is 2.28. The average molecular weight is 434 g/mol. The van der Waals surface area contributed by atoms with Crippen molar-refractivity contribution in [1.29, 1.82) is 0 Å². The summed E-state index contributed by atoms with van der Waals surface area (Å²) in [5, 5.41) is 3.02. The number of aromatic nitrogens is 2. The van der Waals surface area contributed by atoms with Crippen LogP contribution in [0.3, 0.4) is 0 Å². The van der Waals surface area contributed by atoms with Crippen molar-refractivity contribution in [2.24, 2.45) is 0 Å². The molecule has 6 heteroatoms. The van der Waals surface area contributed by atoms with Crippen molar-refractivity contribution in [3.05, 3.63) is 88.9 Å². The van der Waals surface area contributed by atoms with Crippen molar-refractivity contribution in [3.63, 3.8) is 0 Å². The molecule has 1 amide bonds. The molecule has 1 atom stereocenters. The number of amides is 1. The molecule has 32 heavy (non-hydrogen) atoms. The molecule has 4 rings (SSSR count). The van der Waals surface area contributed by atoms with Crippen LogP contribution in [0.4, 0.5) is 4.39 Å². The topological polar surface area (TPSA) is 60.1 Å². The monoisotopic (exact) mass is 433 g/mol. The quantitative estimate of drug-likeness (QED) is 0.392. The molecular weight excluding hydrogens is 405 g/mol. The number of benzene rings is 2. The van der Waals surface area contributed by atoms with Gasteiger partial charge >= 0.3 is 0 Å². The highest BCUT2D eigenvalue weighted by molar-refractivity contribution is 5.85. The summed E-state index contributed by atoms with van der Waals surface area (Å²) in [7, 11) is 0. The minimum absolute atomic E-state index is 0.0684. The first-order chi connectivity index (χ1) is 15.5. The molecule has 166 valence electrons. The second-order valence-corrected chi connectivity index (χ2v) is 8.23. The summed E-state index contributed by atoms with van der Waals surface area (Å²) in [6, 6.07) is 13.9. The predicted octanol–water partition coefficient (Wildman–Crippen LogP) is 5.63. The Bertz CT molecular complexity index is 1210. The summed E-state index contributed by atoms with van der Waals surface area (Å²) in [5.74, 6) is 1.17. The molecule has 4 aromatic rings. The van der Waals surface area contributed by atoms with E-state index in [1.165, 1.54) is 12.1 Å². The van der Waals surface area contributed by atoms with Gasteiger partial charge in [0.2, 0.25) is 5.91 Å². The van der Waals surface area contributed by atoms with Gasteiger partial charge in [-0.3, -0.25) is 4.79 Å². The summed E-state index contributed by atoms with van der Waals surface area (Å²) in [6.45, 7) is 6.54. The first kappa shape index (κ1) is 21.8. The van der Waals surface area contributed by atoms with E-state index in [1.54, 1.807) is 24.5 Å². The fourth-order valence-electron chi connectivity index (χ4n) is 4.01. The number of carbonyl (C=O) groups excluding carboxylic acids is 1. The number of hydrogen-bond acceptors (Lipinski definition) is 3. The van der Waals surface area contributed by atoms with E-state index < -0.39 is 6.04 Å². The number of furan rings is 1. The van der Waals surface area contributed by atoms with Crippen LogP contribution in [0.1, 0.15) is 54.1 Å². The molecule has 2 aromatic heterocycles. The van der Waals surface area contributed by atoms with Gasteiger partial charge in [-0.2, -0.15) is 0 Å². The molecule has 0 spiro atoms. The Morgan fingerprint density at radius 2 is 1.91 bits per heavy atom. The van der Waals surface area contributed by atoms with Gasteiger partial charge in [-0.05, 0) is 73.4 Å². The van der Waals surface area contributed by atoms with Crippen LogP contribution in [0, 0.1) is 19.7 Å². The number of halogens is 1. The minimum Gasteiger partial charge on any atom is -0.467 e. The fourth-order valence-corrected chi connectivity index (χ4v) is 4.01. The molecule has 0 saturated carbocycles. The molecule has 1 N–H and O–H groups in total. The molecule has 0 aliphatic rings. The third-order valence-corrected chi connectivity index (χ3v) is 5.85. The van der Waals surface area contributed by atoms with Gasteiger partial charge in [-0.25, -0.2) is 9.37 Å². The Balaban J connectivity index is 1.75. The molecule has 0 bridgehead atoms. The molecule has 0 aliphatic carbocycles. The number of imidazole rings is 1. The van der Waals surface area contributed by atoms with E-state index in [0.717, 1.165) is 40.0 Å². The van der Waals surface area contributed by atoms with Crippen LogP contribution in [-0.4, -0.2) is 15.5 Å². The predicted molar refractivity (Wildman–Crippen MR) is 123 cm³/mol. The van der Waals surface area contributed by atoms with Gasteiger partial charge in [0, 0.05) is 6.42 Å². The van der Waals surface area contributed by atoms with Gasteiger partial charge in [-0.1, -0.05) is 25.5 Å². The number of hydrogen-bond donors (Lipinski definition) is 1. The Morgan fingerprint density at radius 3 is 2.59 bits per heavy atom. The van der Waals surface area contributed by atoms with Crippen molar-refractivity contribution < 1.29 is 13.6 Å². The van der Waals surface area contributed by atoms with Gasteiger partial charge in [0.25, 0.3) is 0 Å². The maximum atomic E-state index is 13.4. The fraction of sp³-hybridized carbons (Fsp3) is 0.308. The largest absolute Gasteiger partial charge is 0.467 e. The Kier molecular flexibility index (Phi) is 6.40. The SMILES string of the molecule is CCC[C@H](C(=O)NCc1ccco1)n1c(Cc2ccc(F)cc2)nc2cc(C)c(C)cc21. The van der Waals surface area contributed by atoms with Crippen LogP contribution in [-0.2, 0) is 17.8 Å². The number of nitrogens with one attached hydrogen (secondary N) is 1. The molecular formula is C26H28FN3O2. The highest BCUT2D eigenvalue weighted by atomic mass is 19.1.